The number of aliphatic hydroxyl groups is 1. The predicted molar refractivity (Wildman–Crippen MR) is 55.7 cm³/mol. The van der Waals surface area contributed by atoms with Gasteiger partial charge in [-0.15, -0.1) is 0 Å². The van der Waals surface area contributed by atoms with E-state index in [-0.39, 0.29) is 12.6 Å². The van der Waals surface area contributed by atoms with Crippen LogP contribution in [0.4, 0.5) is 0 Å². The molecule has 0 spiro atoms. The highest BCUT2D eigenvalue weighted by Gasteiger charge is 2.16. The van der Waals surface area contributed by atoms with Gasteiger partial charge in [0.2, 0.25) is 0 Å². The summed E-state index contributed by atoms with van der Waals surface area (Å²) in [6, 6.07) is 0.908. The Morgan fingerprint density at radius 3 is 2.77 bits per heavy atom. The zero-order valence-electron chi connectivity index (χ0n) is 8.92. The van der Waals surface area contributed by atoms with Gasteiger partial charge in [0.1, 0.15) is 0 Å². The Hall–Kier alpha value is -0.0800. The van der Waals surface area contributed by atoms with Gasteiger partial charge in [-0.05, 0) is 32.1 Å². The Morgan fingerprint density at radius 2 is 2.08 bits per heavy atom. The van der Waals surface area contributed by atoms with Crippen molar-refractivity contribution in [2.24, 2.45) is 5.92 Å². The molecule has 78 valence electrons. The molecule has 1 aliphatic carbocycles. The van der Waals surface area contributed by atoms with E-state index < -0.39 is 0 Å². The molecular weight excluding hydrogens is 162 g/mol. The molecular formula is C11H23NO. The maximum atomic E-state index is 8.93. The van der Waals surface area contributed by atoms with Crippen LogP contribution in [0.3, 0.4) is 0 Å². The molecule has 1 rings (SSSR count). The van der Waals surface area contributed by atoms with Crippen molar-refractivity contribution in [2.75, 3.05) is 6.61 Å². The van der Waals surface area contributed by atoms with Gasteiger partial charge in [-0.1, -0.05) is 19.8 Å². The van der Waals surface area contributed by atoms with Gasteiger partial charge in [0.05, 0.1) is 6.61 Å². The second-order valence-electron chi connectivity index (χ2n) is 4.56. The number of rotatable bonds is 3. The highest BCUT2D eigenvalue weighted by molar-refractivity contribution is 4.75. The third kappa shape index (κ3) is 4.10. The normalized spacial score (nSPS) is 32.5. The van der Waals surface area contributed by atoms with Crippen molar-refractivity contribution < 1.29 is 5.11 Å². The molecule has 0 amide bonds. The fourth-order valence-corrected chi connectivity index (χ4v) is 2.11. The van der Waals surface area contributed by atoms with Gasteiger partial charge < -0.3 is 10.4 Å². The summed E-state index contributed by atoms with van der Waals surface area (Å²) in [5.74, 6) is 0.899. The quantitative estimate of drug-likeness (QED) is 0.658. The van der Waals surface area contributed by atoms with Gasteiger partial charge in [-0.25, -0.2) is 0 Å². The highest BCUT2D eigenvalue weighted by Crippen LogP contribution is 2.22. The second kappa shape index (κ2) is 5.61. The SMILES string of the molecule is CC1CCCC(NC(C)CO)CC1. The summed E-state index contributed by atoms with van der Waals surface area (Å²) in [7, 11) is 0. The lowest BCUT2D eigenvalue weighted by molar-refractivity contribution is 0.236. The van der Waals surface area contributed by atoms with Crippen molar-refractivity contribution in [1.29, 1.82) is 0 Å². The van der Waals surface area contributed by atoms with Crippen molar-refractivity contribution in [3.05, 3.63) is 0 Å². The zero-order valence-corrected chi connectivity index (χ0v) is 8.92. The van der Waals surface area contributed by atoms with Crippen molar-refractivity contribution in [2.45, 2.75) is 58.0 Å². The molecule has 3 atom stereocenters. The van der Waals surface area contributed by atoms with Crippen LogP contribution in [0.2, 0.25) is 0 Å². The molecule has 1 saturated carbocycles. The maximum Gasteiger partial charge on any atom is 0.0582 e. The zero-order chi connectivity index (χ0) is 9.68. The molecule has 0 aliphatic heterocycles. The smallest absolute Gasteiger partial charge is 0.0582 e. The third-order valence-corrected chi connectivity index (χ3v) is 3.05. The van der Waals surface area contributed by atoms with Gasteiger partial charge in [-0.2, -0.15) is 0 Å². The number of hydrogen-bond acceptors (Lipinski definition) is 2. The Labute approximate surface area is 81.7 Å². The summed E-state index contributed by atoms with van der Waals surface area (Å²) >= 11 is 0. The number of nitrogens with one attached hydrogen (secondary N) is 1. The maximum absolute atomic E-state index is 8.93. The summed E-state index contributed by atoms with van der Waals surface area (Å²) < 4.78 is 0. The first-order valence-electron chi connectivity index (χ1n) is 5.59. The van der Waals surface area contributed by atoms with Crippen molar-refractivity contribution in [1.82, 2.24) is 5.32 Å². The van der Waals surface area contributed by atoms with Crippen molar-refractivity contribution in [3.63, 3.8) is 0 Å². The van der Waals surface area contributed by atoms with Crippen LogP contribution in [0.1, 0.15) is 46.0 Å². The average Bonchev–Trinajstić information content (AvgIpc) is 2.31. The Balaban J connectivity index is 2.25. The van der Waals surface area contributed by atoms with Crippen LogP contribution in [0.15, 0.2) is 0 Å². The molecule has 3 unspecified atom stereocenters. The average molecular weight is 185 g/mol. The van der Waals surface area contributed by atoms with Gasteiger partial charge in [0, 0.05) is 12.1 Å². The Morgan fingerprint density at radius 1 is 1.31 bits per heavy atom. The number of hydrogen-bond donors (Lipinski definition) is 2. The first kappa shape index (κ1) is 11.0. The molecule has 0 saturated heterocycles. The fourth-order valence-electron chi connectivity index (χ4n) is 2.11. The monoisotopic (exact) mass is 185 g/mol. The van der Waals surface area contributed by atoms with Gasteiger partial charge >= 0.3 is 0 Å². The minimum absolute atomic E-state index is 0.256. The lowest BCUT2D eigenvalue weighted by atomic mass is 10.0. The lowest BCUT2D eigenvalue weighted by Gasteiger charge is -2.20. The molecule has 0 aromatic heterocycles. The molecule has 0 radical (unpaired) electrons. The minimum Gasteiger partial charge on any atom is -0.395 e. The van der Waals surface area contributed by atoms with E-state index in [0.717, 1.165) is 5.92 Å². The van der Waals surface area contributed by atoms with Crippen LogP contribution in [-0.4, -0.2) is 23.8 Å². The second-order valence-corrected chi connectivity index (χ2v) is 4.56. The molecule has 0 bridgehead atoms. The summed E-state index contributed by atoms with van der Waals surface area (Å²) in [6.45, 7) is 4.65. The fraction of sp³-hybridized carbons (Fsp3) is 1.00. The molecule has 1 aliphatic rings. The Kier molecular flexibility index (Phi) is 4.74. The summed E-state index contributed by atoms with van der Waals surface area (Å²) in [5.41, 5.74) is 0. The third-order valence-electron chi connectivity index (χ3n) is 3.05. The number of aliphatic hydroxyl groups excluding tert-OH is 1. The van der Waals surface area contributed by atoms with E-state index in [1.54, 1.807) is 0 Å². The van der Waals surface area contributed by atoms with Crippen LogP contribution >= 0.6 is 0 Å². The topological polar surface area (TPSA) is 32.3 Å². The van der Waals surface area contributed by atoms with E-state index in [2.05, 4.69) is 12.2 Å². The van der Waals surface area contributed by atoms with Crippen LogP contribution in [0.25, 0.3) is 0 Å². The molecule has 2 nitrogen and oxygen atoms in total. The Bertz CT molecular complexity index is 138. The van der Waals surface area contributed by atoms with Crippen molar-refractivity contribution in [3.8, 4) is 0 Å². The van der Waals surface area contributed by atoms with Crippen LogP contribution in [0.5, 0.6) is 0 Å². The van der Waals surface area contributed by atoms with Gasteiger partial charge in [0.25, 0.3) is 0 Å². The van der Waals surface area contributed by atoms with E-state index in [1.165, 1.54) is 32.1 Å². The van der Waals surface area contributed by atoms with Crippen LogP contribution in [0, 0.1) is 5.92 Å². The van der Waals surface area contributed by atoms with E-state index in [9.17, 15) is 0 Å². The molecule has 0 aromatic carbocycles. The van der Waals surface area contributed by atoms with Gasteiger partial charge in [-0.3, -0.25) is 0 Å². The predicted octanol–water partition coefficient (Wildman–Crippen LogP) is 1.93. The molecule has 2 N–H and O–H groups in total. The minimum atomic E-state index is 0.256. The first-order chi connectivity index (χ1) is 6.22. The molecule has 0 aromatic rings. The summed E-state index contributed by atoms with van der Waals surface area (Å²) in [4.78, 5) is 0. The molecule has 1 fully saturated rings. The van der Waals surface area contributed by atoms with E-state index in [1.807, 2.05) is 6.92 Å². The highest BCUT2D eigenvalue weighted by atomic mass is 16.3. The van der Waals surface area contributed by atoms with Gasteiger partial charge in [0.15, 0.2) is 0 Å². The summed E-state index contributed by atoms with van der Waals surface area (Å²) in [6.07, 6.45) is 6.64. The van der Waals surface area contributed by atoms with Crippen LogP contribution in [-0.2, 0) is 0 Å². The standard InChI is InChI=1S/C11H23NO/c1-9-4-3-5-11(7-6-9)12-10(2)8-13/h9-13H,3-8H2,1-2H3. The lowest BCUT2D eigenvalue weighted by Crippen LogP contribution is -2.38. The molecule has 0 heterocycles. The largest absolute Gasteiger partial charge is 0.395 e. The van der Waals surface area contributed by atoms with E-state index in [0.29, 0.717) is 6.04 Å². The van der Waals surface area contributed by atoms with E-state index in [4.69, 9.17) is 5.11 Å². The van der Waals surface area contributed by atoms with Crippen LogP contribution < -0.4 is 5.32 Å². The summed E-state index contributed by atoms with van der Waals surface area (Å²) in [5, 5.41) is 12.4. The van der Waals surface area contributed by atoms with E-state index >= 15 is 0 Å². The molecule has 13 heavy (non-hydrogen) atoms. The first-order valence-corrected chi connectivity index (χ1v) is 5.59. The van der Waals surface area contributed by atoms with Crippen molar-refractivity contribution >= 4 is 0 Å². The molecule has 2 heteroatoms.